The number of aromatic nitrogens is 3. The van der Waals surface area contributed by atoms with Crippen LogP contribution < -0.4 is 16.4 Å². The first-order chi connectivity index (χ1) is 14.0. The van der Waals surface area contributed by atoms with E-state index in [0.717, 1.165) is 23.4 Å². The molecule has 0 aliphatic heterocycles. The number of hydrogen-bond acceptors (Lipinski definition) is 7. The van der Waals surface area contributed by atoms with Crippen molar-refractivity contribution in [2.24, 2.45) is 0 Å². The van der Waals surface area contributed by atoms with E-state index in [1.165, 1.54) is 17.3 Å². The molecule has 1 amide bonds. The van der Waals surface area contributed by atoms with Gasteiger partial charge in [0, 0.05) is 11.4 Å². The Hall–Kier alpha value is -3.13. The number of nitrogens with two attached hydrogens (primary N) is 1. The molecule has 0 fully saturated rings. The molecule has 3 aromatic rings. The Bertz CT molecular complexity index is 977. The van der Waals surface area contributed by atoms with Crippen LogP contribution in [0.4, 0.5) is 23.3 Å². The topological polar surface area (TPSA) is 106 Å². The minimum atomic E-state index is -0.0699. The van der Waals surface area contributed by atoms with Crippen LogP contribution in [-0.4, -0.2) is 26.6 Å². The lowest BCUT2D eigenvalue weighted by molar-refractivity contribution is -0.113. The largest absolute Gasteiger partial charge is 0.368 e. The number of rotatable bonds is 8. The molecule has 0 radical (unpaired) electrons. The molecule has 150 valence electrons. The van der Waals surface area contributed by atoms with Gasteiger partial charge in [0.15, 0.2) is 0 Å². The van der Waals surface area contributed by atoms with Crippen LogP contribution in [0, 0.1) is 6.92 Å². The van der Waals surface area contributed by atoms with Crippen molar-refractivity contribution in [1.29, 1.82) is 0 Å². The first-order valence-corrected chi connectivity index (χ1v) is 10.5. The number of benzene rings is 2. The standard InChI is InChI=1S/C21H24N6OS/c1-3-15-8-10-16(11-9-15)23-19(28)13-29-12-18-25-20(22)27-21(26-18)24-17-7-5-4-6-14(17)2/h4-11H,3,12-13H2,1-2H3,(H,23,28)(H3,22,24,25,26,27). The first kappa shape index (κ1) is 20.6. The van der Waals surface area contributed by atoms with Crippen molar-refractivity contribution < 1.29 is 4.79 Å². The van der Waals surface area contributed by atoms with E-state index in [4.69, 9.17) is 5.73 Å². The Morgan fingerprint density at radius 1 is 1.07 bits per heavy atom. The molecule has 2 aromatic carbocycles. The van der Waals surface area contributed by atoms with E-state index < -0.39 is 0 Å². The van der Waals surface area contributed by atoms with E-state index in [-0.39, 0.29) is 11.9 Å². The van der Waals surface area contributed by atoms with Gasteiger partial charge in [-0.05, 0) is 42.7 Å². The van der Waals surface area contributed by atoms with Crippen molar-refractivity contribution in [3.8, 4) is 0 Å². The van der Waals surface area contributed by atoms with Gasteiger partial charge < -0.3 is 16.4 Å². The molecule has 29 heavy (non-hydrogen) atoms. The summed E-state index contributed by atoms with van der Waals surface area (Å²) < 4.78 is 0. The Labute approximate surface area is 174 Å². The van der Waals surface area contributed by atoms with E-state index in [9.17, 15) is 4.79 Å². The van der Waals surface area contributed by atoms with Crippen molar-refractivity contribution in [3.05, 3.63) is 65.5 Å². The fourth-order valence-corrected chi connectivity index (χ4v) is 3.32. The molecule has 8 heteroatoms. The monoisotopic (exact) mass is 408 g/mol. The van der Waals surface area contributed by atoms with E-state index in [1.54, 1.807) is 0 Å². The molecule has 0 saturated heterocycles. The van der Waals surface area contributed by atoms with Crippen molar-refractivity contribution in [1.82, 2.24) is 15.0 Å². The van der Waals surface area contributed by atoms with Crippen LogP contribution in [0.25, 0.3) is 0 Å². The minimum Gasteiger partial charge on any atom is -0.368 e. The quantitative estimate of drug-likeness (QED) is 0.518. The second kappa shape index (κ2) is 9.88. The number of amides is 1. The van der Waals surface area contributed by atoms with Gasteiger partial charge in [0.2, 0.25) is 17.8 Å². The smallest absolute Gasteiger partial charge is 0.234 e. The van der Waals surface area contributed by atoms with Crippen LogP contribution in [0.3, 0.4) is 0 Å². The number of anilines is 4. The molecule has 0 saturated carbocycles. The summed E-state index contributed by atoms with van der Waals surface area (Å²) >= 11 is 1.42. The Kier molecular flexibility index (Phi) is 7.02. The predicted octanol–water partition coefficient (Wildman–Crippen LogP) is 3.94. The number of carbonyl (C=O) groups excluding carboxylic acids is 1. The van der Waals surface area contributed by atoms with Crippen molar-refractivity contribution in [2.75, 3.05) is 22.1 Å². The summed E-state index contributed by atoms with van der Waals surface area (Å²) in [4.78, 5) is 24.9. The zero-order valence-electron chi connectivity index (χ0n) is 16.5. The van der Waals surface area contributed by atoms with Crippen LogP contribution in [0.2, 0.25) is 0 Å². The van der Waals surface area contributed by atoms with Crippen molar-refractivity contribution in [2.45, 2.75) is 26.0 Å². The third-order valence-corrected chi connectivity index (χ3v) is 5.13. The van der Waals surface area contributed by atoms with Crippen LogP contribution in [0.5, 0.6) is 0 Å². The summed E-state index contributed by atoms with van der Waals surface area (Å²) in [5, 5.41) is 6.05. The number of carbonyl (C=O) groups is 1. The maximum atomic E-state index is 12.1. The number of nitrogens with one attached hydrogen (secondary N) is 2. The fraction of sp³-hybridized carbons (Fsp3) is 0.238. The van der Waals surface area contributed by atoms with Crippen LogP contribution in [0.15, 0.2) is 48.5 Å². The number of thioether (sulfide) groups is 1. The predicted molar refractivity (Wildman–Crippen MR) is 119 cm³/mol. The summed E-state index contributed by atoms with van der Waals surface area (Å²) in [5.74, 6) is 1.74. The molecule has 3 rings (SSSR count). The van der Waals surface area contributed by atoms with Crippen molar-refractivity contribution in [3.63, 3.8) is 0 Å². The summed E-state index contributed by atoms with van der Waals surface area (Å²) in [7, 11) is 0. The van der Waals surface area contributed by atoms with E-state index in [1.807, 2.05) is 55.5 Å². The normalized spacial score (nSPS) is 10.6. The van der Waals surface area contributed by atoms with Gasteiger partial charge in [0.25, 0.3) is 0 Å². The maximum Gasteiger partial charge on any atom is 0.234 e. The van der Waals surface area contributed by atoms with Gasteiger partial charge in [-0.2, -0.15) is 15.0 Å². The Morgan fingerprint density at radius 2 is 1.83 bits per heavy atom. The first-order valence-electron chi connectivity index (χ1n) is 9.33. The van der Waals surface area contributed by atoms with Gasteiger partial charge >= 0.3 is 0 Å². The lowest BCUT2D eigenvalue weighted by atomic mass is 10.1. The van der Waals surface area contributed by atoms with Gasteiger partial charge in [-0.25, -0.2) is 0 Å². The van der Waals surface area contributed by atoms with Gasteiger partial charge in [-0.1, -0.05) is 37.3 Å². The molecule has 0 bridgehead atoms. The molecule has 0 unspecified atom stereocenters. The third kappa shape index (κ3) is 6.18. The highest BCUT2D eigenvalue weighted by Crippen LogP contribution is 2.19. The highest BCUT2D eigenvalue weighted by molar-refractivity contribution is 7.99. The fourth-order valence-electron chi connectivity index (χ4n) is 2.65. The molecule has 1 heterocycles. The molecule has 0 spiro atoms. The molecule has 4 N–H and O–H groups in total. The number of nitrogens with zero attached hydrogens (tertiary/aromatic N) is 3. The van der Waals surface area contributed by atoms with E-state index >= 15 is 0 Å². The van der Waals surface area contributed by atoms with Gasteiger partial charge in [0.1, 0.15) is 5.82 Å². The number of aryl methyl sites for hydroxylation is 2. The highest BCUT2D eigenvalue weighted by atomic mass is 32.2. The van der Waals surface area contributed by atoms with Crippen LogP contribution in [-0.2, 0) is 17.0 Å². The molecule has 0 aliphatic rings. The Balaban J connectivity index is 1.54. The summed E-state index contributed by atoms with van der Waals surface area (Å²) in [6, 6.07) is 15.7. The maximum absolute atomic E-state index is 12.1. The van der Waals surface area contributed by atoms with Crippen LogP contribution >= 0.6 is 11.8 Å². The third-order valence-electron chi connectivity index (χ3n) is 4.20. The SMILES string of the molecule is CCc1ccc(NC(=O)CSCc2nc(N)nc(Nc3ccccc3C)n2)cc1. The molecule has 0 atom stereocenters. The molecular weight excluding hydrogens is 384 g/mol. The van der Waals surface area contributed by atoms with Gasteiger partial charge in [0.05, 0.1) is 11.5 Å². The number of hydrogen-bond donors (Lipinski definition) is 3. The second-order valence-electron chi connectivity index (χ2n) is 6.46. The lowest BCUT2D eigenvalue weighted by Gasteiger charge is -2.09. The summed E-state index contributed by atoms with van der Waals surface area (Å²) in [6.07, 6.45) is 0.972. The average Bonchev–Trinajstić information content (AvgIpc) is 2.70. The number of para-hydroxylation sites is 1. The average molecular weight is 409 g/mol. The van der Waals surface area contributed by atoms with Crippen molar-refractivity contribution >= 4 is 40.9 Å². The van der Waals surface area contributed by atoms with Crippen LogP contribution in [0.1, 0.15) is 23.9 Å². The van der Waals surface area contributed by atoms with Gasteiger partial charge in [-0.15, -0.1) is 11.8 Å². The van der Waals surface area contributed by atoms with Gasteiger partial charge in [-0.3, -0.25) is 4.79 Å². The number of nitrogen functional groups attached to an aromatic ring is 1. The minimum absolute atomic E-state index is 0.0699. The second-order valence-corrected chi connectivity index (χ2v) is 7.45. The molecule has 0 aliphatic carbocycles. The molecule has 7 nitrogen and oxygen atoms in total. The Morgan fingerprint density at radius 3 is 2.55 bits per heavy atom. The molecule has 1 aromatic heterocycles. The van der Waals surface area contributed by atoms with E-state index in [0.29, 0.717) is 23.3 Å². The summed E-state index contributed by atoms with van der Waals surface area (Å²) in [6.45, 7) is 4.10. The summed E-state index contributed by atoms with van der Waals surface area (Å²) in [5.41, 5.74) is 9.83. The van der Waals surface area contributed by atoms with E-state index in [2.05, 4.69) is 32.5 Å². The lowest BCUT2D eigenvalue weighted by Crippen LogP contribution is -2.14. The highest BCUT2D eigenvalue weighted by Gasteiger charge is 2.08. The zero-order valence-corrected chi connectivity index (χ0v) is 17.3. The molecular formula is C21H24N6OS. The zero-order chi connectivity index (χ0) is 20.6.